The fraction of sp³-hybridized carbons (Fsp3) is 0.900. The molecule has 0 bridgehead atoms. The van der Waals surface area contributed by atoms with Crippen LogP contribution in [0.5, 0.6) is 0 Å². The summed E-state index contributed by atoms with van der Waals surface area (Å²) in [7, 11) is 0. The van der Waals surface area contributed by atoms with Gasteiger partial charge in [0, 0.05) is 6.04 Å². The molecule has 1 rings (SSSR count). The Bertz CT molecular complexity index is 177. The van der Waals surface area contributed by atoms with Crippen LogP contribution in [0.2, 0.25) is 0 Å². The minimum atomic E-state index is -0.0152. The van der Waals surface area contributed by atoms with E-state index in [-0.39, 0.29) is 24.7 Å². The summed E-state index contributed by atoms with van der Waals surface area (Å²) in [5, 5.41) is 6.06. The Kier molecular flexibility index (Phi) is 4.90. The van der Waals surface area contributed by atoms with E-state index in [0.29, 0.717) is 0 Å². The lowest BCUT2D eigenvalue weighted by atomic mass is 10.1. The van der Waals surface area contributed by atoms with Crippen LogP contribution in [-0.2, 0) is 9.53 Å². The van der Waals surface area contributed by atoms with Gasteiger partial charge in [0.25, 0.3) is 0 Å². The number of carbonyl (C=O) groups excluding carboxylic acids is 1. The van der Waals surface area contributed by atoms with Gasteiger partial charge in [-0.2, -0.15) is 0 Å². The second-order valence-electron chi connectivity index (χ2n) is 3.98. The molecule has 0 aromatic rings. The maximum Gasteiger partial charge on any atom is 0.246 e. The minimum absolute atomic E-state index is 0.0152. The summed E-state index contributed by atoms with van der Waals surface area (Å²) < 4.78 is 5.49. The summed E-state index contributed by atoms with van der Waals surface area (Å²) in [5.74, 6) is -0.0152. The number of hydrogen-bond acceptors (Lipinski definition) is 3. The number of nitrogens with one attached hydrogen (secondary N) is 2. The van der Waals surface area contributed by atoms with Gasteiger partial charge < -0.3 is 15.4 Å². The standard InChI is InChI=1S/C10H20N2O2/c1-8(2)12-10(13)7-14-9-3-5-11-6-4-9/h8-9,11H,3-7H2,1-2H3,(H,12,13). The first-order valence-corrected chi connectivity index (χ1v) is 5.30. The van der Waals surface area contributed by atoms with Gasteiger partial charge in [0.2, 0.25) is 5.91 Å². The van der Waals surface area contributed by atoms with E-state index in [9.17, 15) is 4.79 Å². The van der Waals surface area contributed by atoms with E-state index in [2.05, 4.69) is 10.6 Å². The molecule has 1 saturated heterocycles. The second-order valence-corrected chi connectivity index (χ2v) is 3.98. The molecule has 14 heavy (non-hydrogen) atoms. The zero-order valence-corrected chi connectivity index (χ0v) is 9.01. The Morgan fingerprint density at radius 2 is 2.14 bits per heavy atom. The molecule has 4 nitrogen and oxygen atoms in total. The van der Waals surface area contributed by atoms with Crippen LogP contribution in [-0.4, -0.2) is 37.7 Å². The Labute approximate surface area is 85.4 Å². The van der Waals surface area contributed by atoms with Crippen LogP contribution < -0.4 is 10.6 Å². The highest BCUT2D eigenvalue weighted by atomic mass is 16.5. The van der Waals surface area contributed by atoms with E-state index in [1.807, 2.05) is 13.8 Å². The molecule has 0 aromatic heterocycles. The third-order valence-electron chi connectivity index (χ3n) is 2.19. The molecule has 1 aliphatic heterocycles. The fourth-order valence-corrected chi connectivity index (χ4v) is 1.52. The van der Waals surface area contributed by atoms with E-state index in [1.54, 1.807) is 0 Å². The van der Waals surface area contributed by atoms with Gasteiger partial charge in [0.05, 0.1) is 6.10 Å². The van der Waals surface area contributed by atoms with Gasteiger partial charge in [-0.05, 0) is 39.8 Å². The van der Waals surface area contributed by atoms with Crippen LogP contribution in [0.3, 0.4) is 0 Å². The number of amides is 1. The molecule has 1 aliphatic rings. The zero-order valence-electron chi connectivity index (χ0n) is 9.01. The molecule has 0 radical (unpaired) electrons. The summed E-state index contributed by atoms with van der Waals surface area (Å²) in [5.41, 5.74) is 0. The molecule has 1 heterocycles. The lowest BCUT2D eigenvalue weighted by Gasteiger charge is -2.22. The van der Waals surface area contributed by atoms with Crippen molar-refractivity contribution in [2.75, 3.05) is 19.7 Å². The molecule has 0 aromatic carbocycles. The Balaban J connectivity index is 2.09. The van der Waals surface area contributed by atoms with Crippen LogP contribution in [0, 0.1) is 0 Å². The van der Waals surface area contributed by atoms with Crippen LogP contribution in [0.25, 0.3) is 0 Å². The molecule has 0 atom stereocenters. The average molecular weight is 200 g/mol. The summed E-state index contributed by atoms with van der Waals surface area (Å²) >= 11 is 0. The molecule has 1 amide bonds. The molecular weight excluding hydrogens is 180 g/mol. The summed E-state index contributed by atoms with van der Waals surface area (Å²) in [4.78, 5) is 11.2. The van der Waals surface area contributed by atoms with E-state index in [1.165, 1.54) is 0 Å². The summed E-state index contributed by atoms with van der Waals surface area (Å²) in [6, 6.07) is 0.194. The molecule has 0 spiro atoms. The molecule has 1 fully saturated rings. The molecule has 0 aliphatic carbocycles. The van der Waals surface area contributed by atoms with Crippen molar-refractivity contribution in [3.63, 3.8) is 0 Å². The van der Waals surface area contributed by atoms with Gasteiger partial charge in [-0.3, -0.25) is 4.79 Å². The highest BCUT2D eigenvalue weighted by Crippen LogP contribution is 2.06. The zero-order chi connectivity index (χ0) is 10.4. The van der Waals surface area contributed by atoms with E-state index in [0.717, 1.165) is 25.9 Å². The summed E-state index contributed by atoms with van der Waals surface area (Å²) in [6.45, 7) is 6.08. The SMILES string of the molecule is CC(C)NC(=O)COC1CCNCC1. The number of carbonyl (C=O) groups is 1. The van der Waals surface area contributed by atoms with E-state index >= 15 is 0 Å². The topological polar surface area (TPSA) is 50.4 Å². The van der Waals surface area contributed by atoms with Gasteiger partial charge in [0.1, 0.15) is 6.61 Å². The first-order chi connectivity index (χ1) is 6.68. The van der Waals surface area contributed by atoms with Crippen molar-refractivity contribution >= 4 is 5.91 Å². The lowest BCUT2D eigenvalue weighted by Crippen LogP contribution is -2.37. The number of rotatable bonds is 4. The predicted molar refractivity (Wildman–Crippen MR) is 55.1 cm³/mol. The van der Waals surface area contributed by atoms with Gasteiger partial charge in [0.15, 0.2) is 0 Å². The maximum absolute atomic E-state index is 11.2. The van der Waals surface area contributed by atoms with Crippen molar-refractivity contribution in [1.29, 1.82) is 0 Å². The molecule has 4 heteroatoms. The van der Waals surface area contributed by atoms with Gasteiger partial charge >= 0.3 is 0 Å². The van der Waals surface area contributed by atoms with Crippen molar-refractivity contribution in [1.82, 2.24) is 10.6 Å². The van der Waals surface area contributed by atoms with E-state index < -0.39 is 0 Å². The molecule has 2 N–H and O–H groups in total. The molecule has 82 valence electrons. The first-order valence-electron chi connectivity index (χ1n) is 5.30. The third kappa shape index (κ3) is 4.58. The predicted octanol–water partition coefficient (Wildman–Crippen LogP) is 0.280. The smallest absolute Gasteiger partial charge is 0.246 e. The highest BCUT2D eigenvalue weighted by molar-refractivity contribution is 5.77. The Morgan fingerprint density at radius 1 is 1.50 bits per heavy atom. The average Bonchev–Trinajstić information content (AvgIpc) is 2.15. The minimum Gasteiger partial charge on any atom is -0.368 e. The van der Waals surface area contributed by atoms with Crippen molar-refractivity contribution in [3.05, 3.63) is 0 Å². The second kappa shape index (κ2) is 5.98. The normalized spacial score (nSPS) is 18.5. The number of hydrogen-bond donors (Lipinski definition) is 2. The van der Waals surface area contributed by atoms with Gasteiger partial charge in [-0.1, -0.05) is 0 Å². The molecule has 0 unspecified atom stereocenters. The van der Waals surface area contributed by atoms with Crippen LogP contribution >= 0.6 is 0 Å². The third-order valence-corrected chi connectivity index (χ3v) is 2.19. The quantitative estimate of drug-likeness (QED) is 0.685. The van der Waals surface area contributed by atoms with Crippen molar-refractivity contribution in [2.24, 2.45) is 0 Å². The van der Waals surface area contributed by atoms with Crippen LogP contribution in [0.1, 0.15) is 26.7 Å². The van der Waals surface area contributed by atoms with Crippen LogP contribution in [0.15, 0.2) is 0 Å². The highest BCUT2D eigenvalue weighted by Gasteiger charge is 2.14. The lowest BCUT2D eigenvalue weighted by molar-refractivity contribution is -0.128. The number of piperidine rings is 1. The Morgan fingerprint density at radius 3 is 2.71 bits per heavy atom. The largest absolute Gasteiger partial charge is 0.368 e. The van der Waals surface area contributed by atoms with Gasteiger partial charge in [-0.15, -0.1) is 0 Å². The first kappa shape index (κ1) is 11.5. The van der Waals surface area contributed by atoms with Crippen molar-refractivity contribution < 1.29 is 9.53 Å². The Hall–Kier alpha value is -0.610. The van der Waals surface area contributed by atoms with Gasteiger partial charge in [-0.25, -0.2) is 0 Å². The number of ether oxygens (including phenoxy) is 1. The fourth-order valence-electron chi connectivity index (χ4n) is 1.52. The van der Waals surface area contributed by atoms with E-state index in [4.69, 9.17) is 4.74 Å². The maximum atomic E-state index is 11.2. The summed E-state index contributed by atoms with van der Waals surface area (Å²) in [6.07, 6.45) is 2.28. The van der Waals surface area contributed by atoms with Crippen LogP contribution in [0.4, 0.5) is 0 Å². The van der Waals surface area contributed by atoms with Crippen molar-refractivity contribution in [2.45, 2.75) is 38.8 Å². The monoisotopic (exact) mass is 200 g/mol. The molecular formula is C10H20N2O2. The van der Waals surface area contributed by atoms with Crippen molar-refractivity contribution in [3.8, 4) is 0 Å². The molecule has 0 saturated carbocycles.